The first kappa shape index (κ1) is 9.24. The molecule has 1 aliphatic heterocycles. The first-order valence-electron chi connectivity index (χ1n) is 5.02. The molecule has 1 amide bonds. The zero-order valence-corrected chi connectivity index (χ0v) is 8.31. The molecule has 0 saturated carbocycles. The second-order valence-corrected chi connectivity index (χ2v) is 3.93. The van der Waals surface area contributed by atoms with Crippen LogP contribution < -0.4 is 5.32 Å². The highest BCUT2D eigenvalue weighted by molar-refractivity contribution is 5.80. The zero-order chi connectivity index (χ0) is 9.97. The summed E-state index contributed by atoms with van der Waals surface area (Å²) in [6.45, 7) is 2.91. The molecule has 2 unspecified atom stereocenters. The molecule has 1 aromatic heterocycles. The lowest BCUT2D eigenvalue weighted by Gasteiger charge is -2.09. The number of amides is 1. The van der Waals surface area contributed by atoms with E-state index in [9.17, 15) is 4.79 Å². The van der Waals surface area contributed by atoms with Crippen LogP contribution in [0.15, 0.2) is 18.7 Å². The molecule has 0 spiro atoms. The minimum Gasteiger partial charge on any atom is -0.353 e. The molecule has 2 rings (SSSR count). The third kappa shape index (κ3) is 1.95. The number of hydrogen-bond acceptors (Lipinski definition) is 2. The van der Waals surface area contributed by atoms with E-state index >= 15 is 0 Å². The summed E-state index contributed by atoms with van der Waals surface area (Å²) in [5.74, 6) is 0.378. The van der Waals surface area contributed by atoms with Crippen molar-refractivity contribution in [2.24, 2.45) is 5.92 Å². The van der Waals surface area contributed by atoms with Gasteiger partial charge in [-0.2, -0.15) is 0 Å². The number of carbonyl (C=O) groups is 1. The molecular formula is C10H15N3O. The van der Waals surface area contributed by atoms with Gasteiger partial charge in [0.15, 0.2) is 0 Å². The van der Waals surface area contributed by atoms with Crippen LogP contribution in [0.5, 0.6) is 0 Å². The highest BCUT2D eigenvalue weighted by atomic mass is 16.2. The highest BCUT2D eigenvalue weighted by Crippen LogP contribution is 2.17. The summed E-state index contributed by atoms with van der Waals surface area (Å²) < 4.78 is 2.04. The van der Waals surface area contributed by atoms with Gasteiger partial charge in [-0.1, -0.05) is 6.92 Å². The van der Waals surface area contributed by atoms with Crippen molar-refractivity contribution in [2.45, 2.75) is 32.4 Å². The monoisotopic (exact) mass is 193 g/mol. The lowest BCUT2D eigenvalue weighted by atomic mass is 10.1. The normalized spacial score (nSPS) is 26.5. The van der Waals surface area contributed by atoms with Gasteiger partial charge in [0, 0.05) is 30.9 Å². The molecule has 1 N–H and O–H groups in total. The summed E-state index contributed by atoms with van der Waals surface area (Å²) in [5, 5.41) is 2.99. The van der Waals surface area contributed by atoms with E-state index in [1.807, 2.05) is 17.7 Å². The summed E-state index contributed by atoms with van der Waals surface area (Å²) >= 11 is 0. The van der Waals surface area contributed by atoms with E-state index in [-0.39, 0.29) is 11.8 Å². The van der Waals surface area contributed by atoms with Crippen molar-refractivity contribution in [2.75, 3.05) is 0 Å². The van der Waals surface area contributed by atoms with Crippen LogP contribution in [0.3, 0.4) is 0 Å². The number of carbonyl (C=O) groups excluding carboxylic acids is 1. The van der Waals surface area contributed by atoms with E-state index in [1.165, 1.54) is 0 Å². The third-order valence-corrected chi connectivity index (χ3v) is 2.73. The molecular weight excluding hydrogens is 178 g/mol. The molecule has 2 atom stereocenters. The molecule has 76 valence electrons. The Balaban J connectivity index is 1.80. The van der Waals surface area contributed by atoms with E-state index in [2.05, 4.69) is 10.3 Å². The van der Waals surface area contributed by atoms with Crippen molar-refractivity contribution in [3.05, 3.63) is 18.7 Å². The summed E-state index contributed by atoms with van der Waals surface area (Å²) in [7, 11) is 0. The number of imidazole rings is 1. The molecule has 1 saturated heterocycles. The molecule has 1 aliphatic rings. The molecule has 2 heterocycles. The average Bonchev–Trinajstić information content (AvgIpc) is 2.74. The van der Waals surface area contributed by atoms with Crippen molar-refractivity contribution in [1.82, 2.24) is 14.9 Å². The van der Waals surface area contributed by atoms with Gasteiger partial charge in [0.05, 0.1) is 6.33 Å². The number of rotatable bonds is 3. The quantitative estimate of drug-likeness (QED) is 0.771. The van der Waals surface area contributed by atoms with E-state index in [1.54, 1.807) is 12.5 Å². The van der Waals surface area contributed by atoms with Crippen LogP contribution in [-0.4, -0.2) is 21.5 Å². The fraction of sp³-hybridized carbons (Fsp3) is 0.600. The maximum atomic E-state index is 11.2. The largest absolute Gasteiger partial charge is 0.353 e. The summed E-state index contributed by atoms with van der Waals surface area (Å²) in [6.07, 6.45) is 7.48. The van der Waals surface area contributed by atoms with Crippen molar-refractivity contribution in [3.8, 4) is 0 Å². The first-order chi connectivity index (χ1) is 6.75. The molecule has 14 heavy (non-hydrogen) atoms. The van der Waals surface area contributed by atoms with E-state index in [0.717, 1.165) is 19.4 Å². The van der Waals surface area contributed by atoms with Crippen LogP contribution in [0.1, 0.15) is 19.8 Å². The fourth-order valence-electron chi connectivity index (χ4n) is 1.85. The number of aromatic nitrogens is 2. The first-order valence-corrected chi connectivity index (χ1v) is 5.02. The predicted molar refractivity (Wildman–Crippen MR) is 52.6 cm³/mol. The van der Waals surface area contributed by atoms with Crippen LogP contribution in [0.2, 0.25) is 0 Å². The Morgan fingerprint density at radius 3 is 3.14 bits per heavy atom. The molecule has 0 aliphatic carbocycles. The lowest BCUT2D eigenvalue weighted by Crippen LogP contribution is -2.26. The van der Waals surface area contributed by atoms with Gasteiger partial charge in [-0.05, 0) is 12.8 Å². The van der Waals surface area contributed by atoms with Crippen LogP contribution in [-0.2, 0) is 11.3 Å². The number of aryl methyl sites for hydroxylation is 1. The predicted octanol–water partition coefficient (Wildman–Crippen LogP) is 0.798. The minimum absolute atomic E-state index is 0.183. The maximum absolute atomic E-state index is 11.2. The standard InChI is InChI=1S/C10H15N3O/c1-8-6-9(12-10(8)14)2-4-13-5-3-11-7-13/h3,5,7-9H,2,4,6H2,1H3,(H,12,14). The molecule has 1 fully saturated rings. The van der Waals surface area contributed by atoms with Gasteiger partial charge in [0.2, 0.25) is 5.91 Å². The Morgan fingerprint density at radius 1 is 1.71 bits per heavy atom. The minimum atomic E-state index is 0.183. The van der Waals surface area contributed by atoms with E-state index < -0.39 is 0 Å². The van der Waals surface area contributed by atoms with Gasteiger partial charge in [0.25, 0.3) is 0 Å². The van der Waals surface area contributed by atoms with Crippen molar-refractivity contribution >= 4 is 5.91 Å². The smallest absolute Gasteiger partial charge is 0.223 e. The molecule has 0 aromatic carbocycles. The fourth-order valence-corrected chi connectivity index (χ4v) is 1.85. The molecule has 1 aromatic rings. The second-order valence-electron chi connectivity index (χ2n) is 3.93. The summed E-state index contributed by atoms with van der Waals surface area (Å²) in [4.78, 5) is 15.2. The van der Waals surface area contributed by atoms with Gasteiger partial charge in [-0.3, -0.25) is 4.79 Å². The lowest BCUT2D eigenvalue weighted by molar-refractivity contribution is -0.122. The Hall–Kier alpha value is -1.32. The Bertz CT molecular complexity index is 307. The van der Waals surface area contributed by atoms with E-state index in [0.29, 0.717) is 6.04 Å². The number of hydrogen-bond donors (Lipinski definition) is 1. The topological polar surface area (TPSA) is 46.9 Å². The Labute approximate surface area is 83.3 Å². The SMILES string of the molecule is CC1CC(CCn2ccnc2)NC1=O. The Morgan fingerprint density at radius 2 is 2.57 bits per heavy atom. The third-order valence-electron chi connectivity index (χ3n) is 2.73. The molecule has 0 bridgehead atoms. The van der Waals surface area contributed by atoms with E-state index in [4.69, 9.17) is 0 Å². The average molecular weight is 193 g/mol. The van der Waals surface area contributed by atoms with Crippen LogP contribution in [0.4, 0.5) is 0 Å². The van der Waals surface area contributed by atoms with Crippen molar-refractivity contribution in [3.63, 3.8) is 0 Å². The molecule has 0 radical (unpaired) electrons. The number of nitrogens with zero attached hydrogens (tertiary/aromatic N) is 2. The van der Waals surface area contributed by atoms with Crippen molar-refractivity contribution < 1.29 is 4.79 Å². The van der Waals surface area contributed by atoms with Crippen LogP contribution >= 0.6 is 0 Å². The van der Waals surface area contributed by atoms with Gasteiger partial charge in [0.1, 0.15) is 0 Å². The van der Waals surface area contributed by atoms with Crippen LogP contribution in [0, 0.1) is 5.92 Å². The zero-order valence-electron chi connectivity index (χ0n) is 8.31. The van der Waals surface area contributed by atoms with Crippen LogP contribution in [0.25, 0.3) is 0 Å². The maximum Gasteiger partial charge on any atom is 0.223 e. The highest BCUT2D eigenvalue weighted by Gasteiger charge is 2.27. The van der Waals surface area contributed by atoms with Gasteiger partial charge >= 0.3 is 0 Å². The molecule has 4 nitrogen and oxygen atoms in total. The second kappa shape index (κ2) is 3.82. The number of nitrogens with one attached hydrogen (secondary N) is 1. The van der Waals surface area contributed by atoms with Gasteiger partial charge in [-0.15, -0.1) is 0 Å². The van der Waals surface area contributed by atoms with Gasteiger partial charge in [-0.25, -0.2) is 4.98 Å². The van der Waals surface area contributed by atoms with Crippen molar-refractivity contribution in [1.29, 1.82) is 0 Å². The Kier molecular flexibility index (Phi) is 2.52. The molecule has 4 heteroatoms. The summed E-state index contributed by atoms with van der Waals surface area (Å²) in [5.41, 5.74) is 0. The van der Waals surface area contributed by atoms with Gasteiger partial charge < -0.3 is 9.88 Å². The summed E-state index contributed by atoms with van der Waals surface area (Å²) in [6, 6.07) is 0.347.